The first-order valence-electron chi connectivity index (χ1n) is 10.9. The van der Waals surface area contributed by atoms with Gasteiger partial charge in [0.2, 0.25) is 0 Å². The standard InChI is InChI=1S/C23H25Br3N2O5/c1-27-5-3-10-7-12(24)23(13(25)8-10)33-6-2-4-28-9-11-19(29)14-15(20(11)30)17-21(31)16(14)18(26)22(17)32/h7-9,14-18,21,27,30-31H,2-6H2,1H3/t14-,15+,16+,17+,18-,21+/m0/s1. The molecule has 33 heavy (non-hydrogen) atoms. The maximum atomic E-state index is 12.9. The predicted octanol–water partition coefficient (Wildman–Crippen LogP) is 3.39. The average Bonchev–Trinajstić information content (AvgIpc) is 3.28. The summed E-state index contributed by atoms with van der Waals surface area (Å²) in [6.45, 7) is 1.75. The van der Waals surface area contributed by atoms with Crippen LogP contribution in [0.1, 0.15) is 12.0 Å². The van der Waals surface area contributed by atoms with Crippen LogP contribution in [0.5, 0.6) is 5.75 Å². The van der Waals surface area contributed by atoms with E-state index in [0.717, 1.165) is 27.7 Å². The molecule has 3 N–H and O–H groups in total. The number of benzene rings is 1. The number of ether oxygens (including phenoxy) is 1. The Morgan fingerprint density at radius 1 is 1.18 bits per heavy atom. The molecule has 4 rings (SSSR count). The van der Waals surface area contributed by atoms with Crippen LogP contribution in [0, 0.1) is 23.7 Å². The summed E-state index contributed by atoms with van der Waals surface area (Å²) in [6, 6.07) is 4.08. The number of alkyl halides is 1. The lowest BCUT2D eigenvalue weighted by Crippen LogP contribution is -2.37. The first-order chi connectivity index (χ1) is 15.8. The number of aliphatic hydroxyl groups is 2. The molecule has 0 aromatic heterocycles. The molecule has 3 aliphatic rings. The molecule has 0 saturated heterocycles. The fourth-order valence-corrected chi connectivity index (χ4v) is 7.60. The lowest BCUT2D eigenvalue weighted by molar-refractivity contribution is -0.126. The number of hydrogen-bond acceptors (Lipinski definition) is 7. The average molecular weight is 649 g/mol. The van der Waals surface area contributed by atoms with Crippen LogP contribution in [0.15, 0.2) is 37.4 Å². The van der Waals surface area contributed by atoms with Crippen LogP contribution in [0.25, 0.3) is 0 Å². The van der Waals surface area contributed by atoms with Crippen molar-refractivity contribution in [3.05, 3.63) is 38.0 Å². The summed E-state index contributed by atoms with van der Waals surface area (Å²) < 4.78 is 7.64. The fraction of sp³-hybridized carbons (Fsp3) is 0.522. The van der Waals surface area contributed by atoms with Crippen LogP contribution in [0.3, 0.4) is 0 Å². The number of halogens is 3. The van der Waals surface area contributed by atoms with E-state index in [2.05, 4.69) is 58.1 Å². The van der Waals surface area contributed by atoms with Gasteiger partial charge in [0, 0.05) is 36.9 Å². The first-order valence-corrected chi connectivity index (χ1v) is 13.4. The molecule has 0 amide bonds. The molecule has 0 aliphatic heterocycles. The van der Waals surface area contributed by atoms with Crippen LogP contribution >= 0.6 is 47.8 Å². The van der Waals surface area contributed by atoms with Gasteiger partial charge in [-0.1, -0.05) is 15.9 Å². The molecular weight excluding hydrogens is 624 g/mol. The summed E-state index contributed by atoms with van der Waals surface area (Å²) >= 11 is 10.4. The van der Waals surface area contributed by atoms with Crippen LogP contribution in [-0.2, 0) is 16.0 Å². The van der Waals surface area contributed by atoms with Crippen molar-refractivity contribution >= 4 is 65.6 Å². The minimum absolute atomic E-state index is 0.115. The van der Waals surface area contributed by atoms with E-state index in [1.165, 1.54) is 11.8 Å². The number of Topliss-reactive ketones (excluding diaryl/α,β-unsaturated/α-hetero) is 2. The summed E-state index contributed by atoms with van der Waals surface area (Å²) in [5, 5.41) is 24.1. The summed E-state index contributed by atoms with van der Waals surface area (Å²) in [5.74, 6) is -2.19. The molecule has 10 heteroatoms. The highest BCUT2D eigenvalue weighted by atomic mass is 79.9. The van der Waals surface area contributed by atoms with Crippen molar-refractivity contribution in [3.8, 4) is 5.75 Å². The van der Waals surface area contributed by atoms with Gasteiger partial charge in [-0.25, -0.2) is 0 Å². The second-order valence-electron chi connectivity index (χ2n) is 8.59. The zero-order chi connectivity index (χ0) is 23.9. The Bertz CT molecular complexity index is 1000. The number of likely N-dealkylation sites (N-methyl/N-ethyl adjacent to an activating group) is 1. The second-order valence-corrected chi connectivity index (χ2v) is 11.3. The van der Waals surface area contributed by atoms with E-state index in [1.807, 2.05) is 19.2 Å². The Morgan fingerprint density at radius 3 is 2.55 bits per heavy atom. The van der Waals surface area contributed by atoms with Gasteiger partial charge >= 0.3 is 0 Å². The number of rotatable bonds is 9. The summed E-state index contributed by atoms with van der Waals surface area (Å²) in [5.41, 5.74) is 1.35. The van der Waals surface area contributed by atoms with E-state index in [0.29, 0.717) is 19.6 Å². The van der Waals surface area contributed by atoms with E-state index in [4.69, 9.17) is 4.74 Å². The third kappa shape index (κ3) is 4.49. The lowest BCUT2D eigenvalue weighted by Gasteiger charge is -2.25. The molecule has 2 bridgehead atoms. The largest absolute Gasteiger partial charge is 0.511 e. The Balaban J connectivity index is 1.31. The molecule has 2 saturated carbocycles. The first kappa shape index (κ1) is 25.0. The molecule has 6 atom stereocenters. The molecule has 1 aromatic carbocycles. The van der Waals surface area contributed by atoms with Crippen molar-refractivity contribution in [2.24, 2.45) is 28.7 Å². The monoisotopic (exact) mass is 646 g/mol. The number of aliphatic hydroxyl groups excluding tert-OH is 2. The highest BCUT2D eigenvalue weighted by Gasteiger charge is 2.68. The van der Waals surface area contributed by atoms with Gasteiger partial charge in [-0.05, 0) is 69.6 Å². The summed E-state index contributed by atoms with van der Waals surface area (Å²) in [6.07, 6.45) is 2.04. The predicted molar refractivity (Wildman–Crippen MR) is 135 cm³/mol. The van der Waals surface area contributed by atoms with Gasteiger partial charge in [0.25, 0.3) is 0 Å². The van der Waals surface area contributed by atoms with Crippen molar-refractivity contribution in [2.75, 3.05) is 26.7 Å². The lowest BCUT2D eigenvalue weighted by atomic mass is 9.79. The number of allylic oxidation sites excluding steroid dienone is 2. The van der Waals surface area contributed by atoms with Gasteiger partial charge < -0.3 is 20.3 Å². The maximum absolute atomic E-state index is 12.9. The number of aliphatic imine (C=N–C) groups is 1. The van der Waals surface area contributed by atoms with Crippen LogP contribution in [0.4, 0.5) is 0 Å². The van der Waals surface area contributed by atoms with Gasteiger partial charge in [0.1, 0.15) is 11.5 Å². The van der Waals surface area contributed by atoms with Crippen molar-refractivity contribution in [3.63, 3.8) is 0 Å². The minimum Gasteiger partial charge on any atom is -0.511 e. The number of ketones is 2. The molecule has 7 nitrogen and oxygen atoms in total. The van der Waals surface area contributed by atoms with E-state index in [-0.39, 0.29) is 22.9 Å². The SMILES string of the molecule is CNCCc1cc(Br)c(OCCCN=CC2=C(O)[C@H]3[C@H]4C(=O)[C@@H](Br)[C@H]([C@H]4O)[C@H]3C2=O)c(Br)c1. The fourth-order valence-electron chi connectivity index (χ4n) is 5.14. The second kappa shape index (κ2) is 10.3. The number of carbonyl (C=O) groups excluding carboxylic acids is 2. The van der Waals surface area contributed by atoms with Gasteiger partial charge in [-0.2, -0.15) is 0 Å². The minimum atomic E-state index is -0.894. The van der Waals surface area contributed by atoms with Crippen LogP contribution in [0.2, 0.25) is 0 Å². The van der Waals surface area contributed by atoms with Crippen molar-refractivity contribution in [1.82, 2.24) is 5.32 Å². The zero-order valence-electron chi connectivity index (χ0n) is 17.9. The van der Waals surface area contributed by atoms with E-state index < -0.39 is 34.6 Å². The Morgan fingerprint density at radius 2 is 1.88 bits per heavy atom. The maximum Gasteiger partial charge on any atom is 0.172 e. The molecule has 2 fully saturated rings. The molecule has 0 heterocycles. The number of nitrogens with zero attached hydrogens (tertiary/aromatic N) is 1. The van der Waals surface area contributed by atoms with Crippen LogP contribution < -0.4 is 10.1 Å². The molecule has 178 valence electrons. The van der Waals surface area contributed by atoms with Crippen molar-refractivity contribution in [2.45, 2.75) is 23.8 Å². The Kier molecular flexibility index (Phi) is 7.79. The summed E-state index contributed by atoms with van der Waals surface area (Å²) in [7, 11) is 1.92. The van der Waals surface area contributed by atoms with E-state index in [1.54, 1.807) is 0 Å². The van der Waals surface area contributed by atoms with Crippen molar-refractivity contribution < 1.29 is 24.5 Å². The molecule has 3 aliphatic carbocycles. The van der Waals surface area contributed by atoms with Gasteiger partial charge in [0.15, 0.2) is 11.6 Å². The molecular formula is C23H25Br3N2O5. The number of carbonyl (C=O) groups is 2. The Hall–Kier alpha value is -1.07. The molecule has 0 radical (unpaired) electrons. The molecule has 0 unspecified atom stereocenters. The topological polar surface area (TPSA) is 108 Å². The van der Waals surface area contributed by atoms with Gasteiger partial charge in [-0.3, -0.25) is 14.6 Å². The Labute approximate surface area is 217 Å². The highest BCUT2D eigenvalue weighted by molar-refractivity contribution is 9.11. The number of nitrogens with one attached hydrogen (secondary N) is 1. The van der Waals surface area contributed by atoms with E-state index in [9.17, 15) is 19.8 Å². The van der Waals surface area contributed by atoms with E-state index >= 15 is 0 Å². The third-order valence-electron chi connectivity index (χ3n) is 6.67. The normalized spacial score (nSPS) is 30.7. The highest BCUT2D eigenvalue weighted by Crippen LogP contribution is 2.58. The van der Waals surface area contributed by atoms with Gasteiger partial charge in [-0.15, -0.1) is 0 Å². The number of hydrogen-bond donors (Lipinski definition) is 3. The quantitative estimate of drug-likeness (QED) is 0.215. The number of fused-ring (bicyclic) bond motifs is 5. The zero-order valence-corrected chi connectivity index (χ0v) is 22.7. The van der Waals surface area contributed by atoms with Crippen LogP contribution in [-0.4, -0.2) is 65.7 Å². The molecule has 1 aromatic rings. The third-order valence-corrected chi connectivity index (χ3v) is 8.91. The smallest absolute Gasteiger partial charge is 0.172 e. The summed E-state index contributed by atoms with van der Waals surface area (Å²) in [4.78, 5) is 29.0. The molecule has 0 spiro atoms. The van der Waals surface area contributed by atoms with Gasteiger partial charge in [0.05, 0.1) is 38.0 Å². The van der Waals surface area contributed by atoms with Crippen molar-refractivity contribution in [1.29, 1.82) is 0 Å².